The molecule has 25 heavy (non-hydrogen) atoms. The van der Waals surface area contributed by atoms with Crippen molar-refractivity contribution in [3.63, 3.8) is 0 Å². The lowest BCUT2D eigenvalue weighted by atomic mass is 9.81. The summed E-state index contributed by atoms with van der Waals surface area (Å²) in [5, 5.41) is 0. The first-order valence-corrected chi connectivity index (χ1v) is 9.63. The number of carbonyl (C=O) groups is 1. The van der Waals surface area contributed by atoms with Gasteiger partial charge < -0.3 is 14.4 Å². The number of rotatable bonds is 5. The fourth-order valence-electron chi connectivity index (χ4n) is 4.80. The van der Waals surface area contributed by atoms with Gasteiger partial charge in [0.15, 0.2) is 0 Å². The summed E-state index contributed by atoms with van der Waals surface area (Å²) in [6, 6.07) is 5.54. The number of aromatic nitrogens is 1. The molecule has 0 aromatic carbocycles. The van der Waals surface area contributed by atoms with Crippen LogP contribution in [-0.2, 0) is 9.47 Å². The van der Waals surface area contributed by atoms with Crippen LogP contribution in [-0.4, -0.2) is 55.3 Å². The molecule has 1 aromatic heterocycles. The molecule has 0 N–H and O–H groups in total. The van der Waals surface area contributed by atoms with E-state index in [0.29, 0.717) is 17.5 Å². The van der Waals surface area contributed by atoms with Crippen LogP contribution >= 0.6 is 0 Å². The molecule has 4 rings (SSSR count). The Morgan fingerprint density at radius 3 is 3.00 bits per heavy atom. The smallest absolute Gasteiger partial charge is 0.272 e. The van der Waals surface area contributed by atoms with Crippen molar-refractivity contribution in [3.8, 4) is 0 Å². The number of likely N-dealkylation sites (tertiary alicyclic amines) is 1. The molecule has 1 aliphatic carbocycles. The average Bonchev–Trinajstić information content (AvgIpc) is 3.20. The molecule has 0 unspecified atom stereocenters. The number of carbonyl (C=O) groups excluding carboxylic acids is 1. The van der Waals surface area contributed by atoms with Crippen molar-refractivity contribution in [3.05, 3.63) is 30.1 Å². The van der Waals surface area contributed by atoms with Gasteiger partial charge in [0.25, 0.3) is 5.91 Å². The van der Waals surface area contributed by atoms with Crippen molar-refractivity contribution in [1.29, 1.82) is 0 Å². The van der Waals surface area contributed by atoms with Crippen molar-refractivity contribution in [2.45, 2.75) is 32.1 Å². The standard InChI is InChI=1S/C20H28N2O3/c23-19(18-5-1-2-9-21-18)22-12-17-4-3-8-20(17,14-22)15-25-13-16-6-10-24-11-7-16/h1-2,5,9,16-17H,3-4,6-8,10-15H2/t17-,20+/m0/s1. The van der Waals surface area contributed by atoms with Gasteiger partial charge in [0.1, 0.15) is 5.69 Å². The second kappa shape index (κ2) is 7.42. The Bertz CT molecular complexity index is 588. The quantitative estimate of drug-likeness (QED) is 0.824. The lowest BCUT2D eigenvalue weighted by Gasteiger charge is -2.30. The minimum atomic E-state index is 0.0683. The van der Waals surface area contributed by atoms with Crippen LogP contribution < -0.4 is 0 Å². The Balaban J connectivity index is 1.36. The van der Waals surface area contributed by atoms with Crippen molar-refractivity contribution in [2.24, 2.45) is 17.3 Å². The van der Waals surface area contributed by atoms with Crippen molar-refractivity contribution >= 4 is 5.91 Å². The number of nitrogens with zero attached hydrogens (tertiary/aromatic N) is 2. The molecule has 0 radical (unpaired) electrons. The van der Waals surface area contributed by atoms with E-state index in [0.717, 1.165) is 52.4 Å². The molecule has 2 aliphatic heterocycles. The lowest BCUT2D eigenvalue weighted by molar-refractivity contribution is -0.0123. The number of hydrogen-bond donors (Lipinski definition) is 0. The largest absolute Gasteiger partial charge is 0.381 e. The van der Waals surface area contributed by atoms with E-state index in [1.54, 1.807) is 6.20 Å². The molecule has 1 amide bonds. The third-order valence-electron chi connectivity index (χ3n) is 6.29. The molecule has 0 bridgehead atoms. The predicted molar refractivity (Wildman–Crippen MR) is 94.3 cm³/mol. The molecule has 3 aliphatic rings. The fraction of sp³-hybridized carbons (Fsp3) is 0.700. The molecule has 0 spiro atoms. The Hall–Kier alpha value is -1.46. The van der Waals surface area contributed by atoms with Gasteiger partial charge in [0.05, 0.1) is 6.61 Å². The van der Waals surface area contributed by atoms with E-state index < -0.39 is 0 Å². The van der Waals surface area contributed by atoms with Crippen LogP contribution in [0.1, 0.15) is 42.6 Å². The van der Waals surface area contributed by atoms with Gasteiger partial charge in [-0.2, -0.15) is 0 Å². The molecule has 5 heteroatoms. The van der Waals surface area contributed by atoms with Gasteiger partial charge in [0.2, 0.25) is 0 Å². The molecule has 5 nitrogen and oxygen atoms in total. The maximum Gasteiger partial charge on any atom is 0.272 e. The van der Waals surface area contributed by atoms with E-state index >= 15 is 0 Å². The number of fused-ring (bicyclic) bond motifs is 1. The molecule has 1 aromatic rings. The molecule has 2 saturated heterocycles. The Morgan fingerprint density at radius 2 is 2.20 bits per heavy atom. The SMILES string of the molecule is O=C(c1ccccn1)N1C[C@@H]2CCC[C@]2(COCC2CCOCC2)C1. The predicted octanol–water partition coefficient (Wildman–Crippen LogP) is 2.77. The third kappa shape index (κ3) is 3.58. The third-order valence-corrected chi connectivity index (χ3v) is 6.29. The first-order valence-electron chi connectivity index (χ1n) is 9.63. The number of amides is 1. The highest BCUT2D eigenvalue weighted by Gasteiger charge is 2.51. The van der Waals surface area contributed by atoms with Crippen molar-refractivity contribution < 1.29 is 14.3 Å². The Morgan fingerprint density at radius 1 is 1.32 bits per heavy atom. The van der Waals surface area contributed by atoms with Crippen molar-refractivity contribution in [1.82, 2.24) is 9.88 Å². The maximum absolute atomic E-state index is 12.8. The molecule has 1 saturated carbocycles. The zero-order valence-electron chi connectivity index (χ0n) is 14.9. The summed E-state index contributed by atoms with van der Waals surface area (Å²) >= 11 is 0. The van der Waals surface area contributed by atoms with Crippen LogP contribution in [0.15, 0.2) is 24.4 Å². The highest BCUT2D eigenvalue weighted by Crippen LogP contribution is 2.49. The fourth-order valence-corrected chi connectivity index (χ4v) is 4.80. The van der Waals surface area contributed by atoms with Crippen LogP contribution in [0.3, 0.4) is 0 Å². The number of pyridine rings is 1. The summed E-state index contributed by atoms with van der Waals surface area (Å²) in [5.74, 6) is 1.28. The van der Waals surface area contributed by atoms with E-state index in [1.807, 2.05) is 23.1 Å². The monoisotopic (exact) mass is 344 g/mol. The summed E-state index contributed by atoms with van der Waals surface area (Å²) in [7, 11) is 0. The number of ether oxygens (including phenoxy) is 2. The van der Waals surface area contributed by atoms with Crippen LogP contribution in [0, 0.1) is 17.3 Å². The van der Waals surface area contributed by atoms with E-state index in [9.17, 15) is 4.79 Å². The van der Waals surface area contributed by atoms with Crippen LogP contribution in [0.25, 0.3) is 0 Å². The minimum Gasteiger partial charge on any atom is -0.381 e. The number of hydrogen-bond acceptors (Lipinski definition) is 4. The lowest BCUT2D eigenvalue weighted by Crippen LogP contribution is -2.35. The first-order chi connectivity index (χ1) is 12.3. The second-order valence-electron chi connectivity index (χ2n) is 7.92. The topological polar surface area (TPSA) is 51.7 Å². The molecular weight excluding hydrogens is 316 g/mol. The Kier molecular flexibility index (Phi) is 5.04. The summed E-state index contributed by atoms with van der Waals surface area (Å²) in [6.45, 7) is 5.05. The maximum atomic E-state index is 12.8. The normalized spacial score (nSPS) is 29.8. The highest BCUT2D eigenvalue weighted by atomic mass is 16.5. The Labute approximate surface area is 149 Å². The van der Waals surface area contributed by atoms with E-state index in [1.165, 1.54) is 19.3 Å². The molecule has 2 atom stereocenters. The molecule has 3 heterocycles. The second-order valence-corrected chi connectivity index (χ2v) is 7.92. The van der Waals surface area contributed by atoms with Gasteiger partial charge in [-0.15, -0.1) is 0 Å². The summed E-state index contributed by atoms with van der Waals surface area (Å²) < 4.78 is 11.6. The highest BCUT2D eigenvalue weighted by molar-refractivity contribution is 5.92. The van der Waals surface area contributed by atoms with Gasteiger partial charge in [-0.05, 0) is 49.7 Å². The molecular formula is C20H28N2O3. The minimum absolute atomic E-state index is 0.0683. The average molecular weight is 344 g/mol. The first kappa shape index (κ1) is 17.0. The van der Waals surface area contributed by atoms with Crippen LogP contribution in [0.4, 0.5) is 0 Å². The molecule has 136 valence electrons. The van der Waals surface area contributed by atoms with Gasteiger partial charge in [0, 0.05) is 44.5 Å². The van der Waals surface area contributed by atoms with Crippen molar-refractivity contribution in [2.75, 3.05) is 39.5 Å². The zero-order chi connectivity index (χ0) is 17.1. The van der Waals surface area contributed by atoms with Gasteiger partial charge in [-0.3, -0.25) is 9.78 Å². The summed E-state index contributed by atoms with van der Waals surface area (Å²) in [6.07, 6.45) is 7.57. The summed E-state index contributed by atoms with van der Waals surface area (Å²) in [5.41, 5.74) is 0.719. The van der Waals surface area contributed by atoms with E-state index in [2.05, 4.69) is 4.98 Å². The van der Waals surface area contributed by atoms with Gasteiger partial charge in [-0.1, -0.05) is 12.5 Å². The zero-order valence-corrected chi connectivity index (χ0v) is 14.9. The van der Waals surface area contributed by atoms with E-state index in [-0.39, 0.29) is 11.3 Å². The van der Waals surface area contributed by atoms with Gasteiger partial charge in [-0.25, -0.2) is 0 Å². The van der Waals surface area contributed by atoms with E-state index in [4.69, 9.17) is 9.47 Å². The summed E-state index contributed by atoms with van der Waals surface area (Å²) in [4.78, 5) is 19.0. The van der Waals surface area contributed by atoms with Crippen LogP contribution in [0.5, 0.6) is 0 Å². The van der Waals surface area contributed by atoms with Gasteiger partial charge >= 0.3 is 0 Å². The van der Waals surface area contributed by atoms with Crippen LogP contribution in [0.2, 0.25) is 0 Å². The molecule has 3 fully saturated rings.